The van der Waals surface area contributed by atoms with E-state index in [2.05, 4.69) is 0 Å². The Morgan fingerprint density at radius 1 is 1.54 bits per heavy atom. The van der Waals surface area contributed by atoms with Gasteiger partial charge in [-0.25, -0.2) is 4.39 Å². The summed E-state index contributed by atoms with van der Waals surface area (Å²) in [6.45, 7) is 1.87. The number of aliphatic hydroxyl groups excluding tert-OH is 1. The van der Waals surface area contributed by atoms with Crippen LogP contribution in [0.4, 0.5) is 4.39 Å². The predicted molar refractivity (Wildman–Crippen MR) is 51.4 cm³/mol. The van der Waals surface area contributed by atoms with Gasteiger partial charge in [-0.15, -0.1) is 0 Å². The molecule has 0 fully saturated rings. The SMILES string of the molecule is CCC(O)Cc1cc(F)ccc1Cl. The summed E-state index contributed by atoms with van der Waals surface area (Å²) in [5.74, 6) is -0.317. The van der Waals surface area contributed by atoms with Crippen LogP contribution in [0.2, 0.25) is 5.02 Å². The van der Waals surface area contributed by atoms with Gasteiger partial charge in [-0.2, -0.15) is 0 Å². The van der Waals surface area contributed by atoms with Crippen LogP contribution >= 0.6 is 11.6 Å². The fourth-order valence-corrected chi connectivity index (χ4v) is 1.29. The van der Waals surface area contributed by atoms with E-state index in [4.69, 9.17) is 11.6 Å². The molecule has 0 amide bonds. The molecule has 0 aliphatic heterocycles. The van der Waals surface area contributed by atoms with E-state index in [0.29, 0.717) is 23.4 Å². The van der Waals surface area contributed by atoms with Crippen LogP contribution in [-0.2, 0) is 6.42 Å². The molecule has 1 atom stereocenters. The van der Waals surface area contributed by atoms with Crippen LogP contribution in [0.15, 0.2) is 18.2 Å². The minimum atomic E-state index is -0.445. The lowest BCUT2D eigenvalue weighted by molar-refractivity contribution is 0.170. The second-order valence-corrected chi connectivity index (χ2v) is 3.41. The smallest absolute Gasteiger partial charge is 0.123 e. The molecule has 0 radical (unpaired) electrons. The molecule has 13 heavy (non-hydrogen) atoms. The van der Waals surface area contributed by atoms with E-state index < -0.39 is 6.10 Å². The maximum Gasteiger partial charge on any atom is 0.123 e. The summed E-state index contributed by atoms with van der Waals surface area (Å²) in [6, 6.07) is 4.18. The number of aliphatic hydroxyl groups is 1. The Kier molecular flexibility index (Phi) is 3.70. The lowest BCUT2D eigenvalue weighted by Crippen LogP contribution is -2.08. The normalized spacial score (nSPS) is 12.9. The molecule has 1 N–H and O–H groups in total. The first-order chi connectivity index (χ1) is 6.13. The Hall–Kier alpha value is -0.600. The first-order valence-corrected chi connectivity index (χ1v) is 4.63. The van der Waals surface area contributed by atoms with Crippen molar-refractivity contribution in [3.63, 3.8) is 0 Å². The molecule has 0 aromatic heterocycles. The van der Waals surface area contributed by atoms with Gasteiger partial charge in [-0.3, -0.25) is 0 Å². The number of hydrogen-bond acceptors (Lipinski definition) is 1. The van der Waals surface area contributed by atoms with Crippen LogP contribution in [0, 0.1) is 5.82 Å². The van der Waals surface area contributed by atoms with Gasteiger partial charge in [0.2, 0.25) is 0 Å². The molecule has 72 valence electrons. The third-order valence-corrected chi connectivity index (χ3v) is 2.30. The number of rotatable bonds is 3. The van der Waals surface area contributed by atoms with E-state index >= 15 is 0 Å². The van der Waals surface area contributed by atoms with Crippen LogP contribution in [0.3, 0.4) is 0 Å². The zero-order chi connectivity index (χ0) is 9.84. The van der Waals surface area contributed by atoms with Crippen molar-refractivity contribution in [1.29, 1.82) is 0 Å². The molecule has 0 bridgehead atoms. The highest BCUT2D eigenvalue weighted by Gasteiger charge is 2.07. The Bertz CT molecular complexity index is 288. The third-order valence-electron chi connectivity index (χ3n) is 1.93. The monoisotopic (exact) mass is 202 g/mol. The van der Waals surface area contributed by atoms with Crippen molar-refractivity contribution in [2.24, 2.45) is 0 Å². The van der Waals surface area contributed by atoms with E-state index in [1.807, 2.05) is 6.92 Å². The fourth-order valence-electron chi connectivity index (χ4n) is 1.10. The Morgan fingerprint density at radius 2 is 2.23 bits per heavy atom. The highest BCUT2D eigenvalue weighted by molar-refractivity contribution is 6.31. The van der Waals surface area contributed by atoms with E-state index in [1.54, 1.807) is 0 Å². The molecule has 0 aliphatic carbocycles. The van der Waals surface area contributed by atoms with Gasteiger partial charge >= 0.3 is 0 Å². The van der Waals surface area contributed by atoms with Crippen LogP contribution in [0.1, 0.15) is 18.9 Å². The molecule has 0 saturated carbocycles. The highest BCUT2D eigenvalue weighted by atomic mass is 35.5. The van der Waals surface area contributed by atoms with Crippen molar-refractivity contribution in [1.82, 2.24) is 0 Å². The molecule has 0 spiro atoms. The second kappa shape index (κ2) is 4.58. The Labute approximate surface area is 82.2 Å². The first-order valence-electron chi connectivity index (χ1n) is 4.25. The molecule has 1 rings (SSSR count). The Balaban J connectivity index is 2.81. The van der Waals surface area contributed by atoms with Gasteiger partial charge in [0.05, 0.1) is 6.10 Å². The van der Waals surface area contributed by atoms with Crippen molar-refractivity contribution < 1.29 is 9.50 Å². The zero-order valence-electron chi connectivity index (χ0n) is 7.43. The van der Waals surface area contributed by atoms with Gasteiger partial charge in [0.15, 0.2) is 0 Å². The molecule has 0 saturated heterocycles. The number of hydrogen-bond donors (Lipinski definition) is 1. The molecule has 1 unspecified atom stereocenters. The molecule has 1 aromatic rings. The van der Waals surface area contributed by atoms with Crippen molar-refractivity contribution in [3.8, 4) is 0 Å². The van der Waals surface area contributed by atoms with Gasteiger partial charge in [-0.05, 0) is 36.6 Å². The average molecular weight is 203 g/mol. The minimum absolute atomic E-state index is 0.317. The number of halogens is 2. The van der Waals surface area contributed by atoms with Gasteiger partial charge in [0.1, 0.15) is 5.82 Å². The van der Waals surface area contributed by atoms with E-state index in [0.717, 1.165) is 0 Å². The quantitative estimate of drug-likeness (QED) is 0.799. The largest absolute Gasteiger partial charge is 0.393 e. The van der Waals surface area contributed by atoms with E-state index in [1.165, 1.54) is 18.2 Å². The first kappa shape index (κ1) is 10.5. The fraction of sp³-hybridized carbons (Fsp3) is 0.400. The van der Waals surface area contributed by atoms with Crippen molar-refractivity contribution in [2.45, 2.75) is 25.9 Å². The summed E-state index contributed by atoms with van der Waals surface area (Å²) in [4.78, 5) is 0. The predicted octanol–water partition coefficient (Wildman–Crippen LogP) is 2.79. The lowest BCUT2D eigenvalue weighted by Gasteiger charge is -2.08. The second-order valence-electron chi connectivity index (χ2n) is 3.00. The summed E-state index contributed by atoms with van der Waals surface area (Å²) in [6.07, 6.45) is 0.610. The number of benzene rings is 1. The van der Waals surface area contributed by atoms with Crippen molar-refractivity contribution in [2.75, 3.05) is 0 Å². The minimum Gasteiger partial charge on any atom is -0.393 e. The highest BCUT2D eigenvalue weighted by Crippen LogP contribution is 2.19. The molecular formula is C10H12ClFO. The van der Waals surface area contributed by atoms with E-state index in [9.17, 15) is 9.50 Å². The zero-order valence-corrected chi connectivity index (χ0v) is 8.18. The molecule has 3 heteroatoms. The molecule has 0 aliphatic rings. The molecule has 1 nitrogen and oxygen atoms in total. The van der Waals surface area contributed by atoms with Crippen molar-refractivity contribution in [3.05, 3.63) is 34.6 Å². The van der Waals surface area contributed by atoms with Gasteiger partial charge in [-0.1, -0.05) is 18.5 Å². The van der Waals surface area contributed by atoms with Crippen LogP contribution in [0.25, 0.3) is 0 Å². The summed E-state index contributed by atoms with van der Waals surface area (Å²) in [5, 5.41) is 9.85. The standard InChI is InChI=1S/C10H12ClFO/c1-2-9(13)6-7-5-8(12)3-4-10(7)11/h3-5,9,13H,2,6H2,1H3. The van der Waals surface area contributed by atoms with Gasteiger partial charge in [0.25, 0.3) is 0 Å². The van der Waals surface area contributed by atoms with Gasteiger partial charge in [0, 0.05) is 5.02 Å². The molecule has 1 aromatic carbocycles. The van der Waals surface area contributed by atoms with E-state index in [-0.39, 0.29) is 5.82 Å². The topological polar surface area (TPSA) is 20.2 Å². The van der Waals surface area contributed by atoms with Crippen molar-refractivity contribution >= 4 is 11.6 Å². The maximum atomic E-state index is 12.8. The maximum absolute atomic E-state index is 12.8. The molecule has 0 heterocycles. The Morgan fingerprint density at radius 3 is 2.85 bits per heavy atom. The van der Waals surface area contributed by atoms with Crippen LogP contribution in [-0.4, -0.2) is 11.2 Å². The lowest BCUT2D eigenvalue weighted by atomic mass is 10.1. The summed E-state index contributed by atoms with van der Waals surface area (Å²) >= 11 is 5.82. The van der Waals surface area contributed by atoms with Crippen LogP contribution < -0.4 is 0 Å². The summed E-state index contributed by atoms with van der Waals surface area (Å²) < 4.78 is 12.8. The summed E-state index contributed by atoms with van der Waals surface area (Å²) in [7, 11) is 0. The van der Waals surface area contributed by atoms with Gasteiger partial charge < -0.3 is 5.11 Å². The average Bonchev–Trinajstić information content (AvgIpc) is 2.11. The summed E-state index contributed by atoms with van der Waals surface area (Å²) in [5.41, 5.74) is 0.663. The van der Waals surface area contributed by atoms with Crippen LogP contribution in [0.5, 0.6) is 0 Å². The third kappa shape index (κ3) is 2.98. The molecular weight excluding hydrogens is 191 g/mol.